The number of hydrogen-bond donors (Lipinski definition) is 1. The van der Waals surface area contributed by atoms with Crippen LogP contribution >= 0.6 is 23.4 Å². The number of halogens is 2. The summed E-state index contributed by atoms with van der Waals surface area (Å²) in [5.74, 6) is -1.40. The molecular weight excluding hydrogens is 447 g/mol. The van der Waals surface area contributed by atoms with Crippen LogP contribution in [0.1, 0.15) is 18.1 Å². The molecule has 7 heteroatoms. The topological polar surface area (TPSA) is 49.4 Å². The van der Waals surface area contributed by atoms with E-state index in [1.54, 1.807) is 36.1 Å². The molecule has 4 rings (SSSR count). The van der Waals surface area contributed by atoms with Crippen LogP contribution in [0.25, 0.3) is 0 Å². The highest BCUT2D eigenvalue weighted by Gasteiger charge is 2.39. The summed E-state index contributed by atoms with van der Waals surface area (Å²) >= 11 is 7.55. The molecule has 0 spiro atoms. The van der Waals surface area contributed by atoms with E-state index in [0.29, 0.717) is 10.6 Å². The van der Waals surface area contributed by atoms with E-state index in [2.05, 4.69) is 5.32 Å². The van der Waals surface area contributed by atoms with Crippen molar-refractivity contribution in [2.24, 2.45) is 5.92 Å². The Morgan fingerprint density at radius 1 is 1.06 bits per heavy atom. The Morgan fingerprint density at radius 2 is 1.72 bits per heavy atom. The number of carbonyl (C=O) groups is 2. The highest BCUT2D eigenvalue weighted by Crippen LogP contribution is 2.42. The number of nitrogens with one attached hydrogen (secondary N) is 1. The number of benzene rings is 3. The molecule has 4 nitrogen and oxygen atoms in total. The quantitative estimate of drug-likeness (QED) is 0.524. The van der Waals surface area contributed by atoms with Crippen LogP contribution in [0.5, 0.6) is 0 Å². The number of nitrogens with zero attached hydrogens (tertiary/aromatic N) is 1. The van der Waals surface area contributed by atoms with Gasteiger partial charge in [0.15, 0.2) is 0 Å². The fraction of sp³-hybridized carbons (Fsp3) is 0.200. The summed E-state index contributed by atoms with van der Waals surface area (Å²) in [5, 5.41) is 2.84. The van der Waals surface area contributed by atoms with Gasteiger partial charge in [0.05, 0.1) is 18.2 Å². The minimum Gasteiger partial charge on any atom is -0.352 e. The molecule has 2 amide bonds. The van der Waals surface area contributed by atoms with Crippen LogP contribution in [0.2, 0.25) is 5.02 Å². The van der Waals surface area contributed by atoms with Crippen molar-refractivity contribution in [3.63, 3.8) is 0 Å². The van der Waals surface area contributed by atoms with Gasteiger partial charge in [-0.2, -0.15) is 0 Å². The number of hydrogen-bond acceptors (Lipinski definition) is 3. The summed E-state index contributed by atoms with van der Waals surface area (Å²) in [4.78, 5) is 28.8. The molecule has 1 aliphatic heterocycles. The van der Waals surface area contributed by atoms with E-state index >= 15 is 0 Å². The molecule has 1 aliphatic rings. The van der Waals surface area contributed by atoms with Crippen molar-refractivity contribution in [2.75, 3.05) is 4.90 Å². The third kappa shape index (κ3) is 4.66. The fourth-order valence-corrected chi connectivity index (χ4v) is 5.13. The number of carbonyl (C=O) groups excluding carboxylic acids is 2. The minimum atomic E-state index is -0.622. The van der Waals surface area contributed by atoms with Crippen molar-refractivity contribution < 1.29 is 14.0 Å². The lowest BCUT2D eigenvalue weighted by atomic mass is 10.0. The van der Waals surface area contributed by atoms with Crippen LogP contribution in [-0.2, 0) is 22.7 Å². The van der Waals surface area contributed by atoms with Gasteiger partial charge < -0.3 is 10.2 Å². The second-order valence-corrected chi connectivity index (χ2v) is 9.21. The molecule has 3 aromatic rings. The van der Waals surface area contributed by atoms with E-state index in [-0.39, 0.29) is 30.7 Å². The molecule has 2 unspecified atom stereocenters. The lowest BCUT2D eigenvalue weighted by molar-refractivity contribution is -0.128. The van der Waals surface area contributed by atoms with Crippen molar-refractivity contribution in [3.05, 3.63) is 94.8 Å². The molecule has 2 atom stereocenters. The van der Waals surface area contributed by atoms with Crippen LogP contribution in [0.3, 0.4) is 0 Å². The Hall–Kier alpha value is -2.83. The molecular formula is C25H22ClFN2O2S. The van der Waals surface area contributed by atoms with Crippen molar-refractivity contribution in [1.29, 1.82) is 0 Å². The van der Waals surface area contributed by atoms with Crippen molar-refractivity contribution in [2.45, 2.75) is 30.2 Å². The van der Waals surface area contributed by atoms with Gasteiger partial charge in [0, 0.05) is 22.0 Å². The van der Waals surface area contributed by atoms with E-state index in [1.807, 2.05) is 42.5 Å². The van der Waals surface area contributed by atoms with Crippen LogP contribution in [0.15, 0.2) is 77.7 Å². The number of thioether (sulfide) groups is 1. The number of amides is 2. The SMILES string of the molecule is CC(C(=O)NCc1ccccc1Cl)C1Sc2ccccc2N(Cc2ccccc2F)C1=O. The summed E-state index contributed by atoms with van der Waals surface area (Å²) in [6.45, 7) is 2.13. The summed E-state index contributed by atoms with van der Waals surface area (Å²) in [5.41, 5.74) is 1.96. The summed E-state index contributed by atoms with van der Waals surface area (Å²) in [6.07, 6.45) is 0. The first-order valence-electron chi connectivity index (χ1n) is 10.3. The van der Waals surface area contributed by atoms with Gasteiger partial charge >= 0.3 is 0 Å². The van der Waals surface area contributed by atoms with E-state index < -0.39 is 11.2 Å². The zero-order chi connectivity index (χ0) is 22.7. The van der Waals surface area contributed by atoms with E-state index in [9.17, 15) is 14.0 Å². The van der Waals surface area contributed by atoms with Crippen molar-refractivity contribution >= 4 is 40.9 Å². The predicted molar refractivity (Wildman–Crippen MR) is 126 cm³/mol. The molecule has 1 N–H and O–H groups in total. The lowest BCUT2D eigenvalue weighted by Gasteiger charge is -2.35. The van der Waals surface area contributed by atoms with Gasteiger partial charge in [-0.1, -0.05) is 67.1 Å². The van der Waals surface area contributed by atoms with Gasteiger partial charge in [-0.3, -0.25) is 9.59 Å². The Balaban J connectivity index is 1.55. The lowest BCUT2D eigenvalue weighted by Crippen LogP contribution is -2.47. The number of para-hydroxylation sites is 1. The van der Waals surface area contributed by atoms with Crippen LogP contribution in [0, 0.1) is 11.7 Å². The zero-order valence-electron chi connectivity index (χ0n) is 17.4. The Labute approximate surface area is 195 Å². The maximum Gasteiger partial charge on any atom is 0.241 e. The Bertz CT molecular complexity index is 1160. The average Bonchev–Trinajstić information content (AvgIpc) is 2.80. The normalized spacial score (nSPS) is 16.4. The molecule has 1 heterocycles. The van der Waals surface area contributed by atoms with Crippen LogP contribution in [0.4, 0.5) is 10.1 Å². The third-order valence-corrected chi connectivity index (χ3v) is 7.32. The van der Waals surface area contributed by atoms with Crippen molar-refractivity contribution in [3.8, 4) is 0 Å². The molecule has 0 aromatic heterocycles. The minimum absolute atomic E-state index is 0.105. The first-order valence-corrected chi connectivity index (χ1v) is 11.5. The monoisotopic (exact) mass is 468 g/mol. The third-order valence-electron chi connectivity index (χ3n) is 5.48. The number of rotatable bonds is 6. The largest absolute Gasteiger partial charge is 0.352 e. The summed E-state index contributed by atoms with van der Waals surface area (Å²) in [7, 11) is 0. The van der Waals surface area contributed by atoms with Gasteiger partial charge in [0.1, 0.15) is 11.1 Å². The van der Waals surface area contributed by atoms with E-state index in [4.69, 9.17) is 11.6 Å². The van der Waals surface area contributed by atoms with Gasteiger partial charge in [0.2, 0.25) is 11.8 Å². The molecule has 32 heavy (non-hydrogen) atoms. The Kier molecular flexibility index (Phi) is 6.82. The standard InChI is InChI=1S/C25H22ClFN2O2S/c1-16(24(30)28-14-17-8-2-4-10-19(17)26)23-25(31)29(15-18-9-3-5-11-20(18)27)21-12-6-7-13-22(21)32-23/h2-13,16,23H,14-15H2,1H3,(H,28,30). The highest BCUT2D eigenvalue weighted by atomic mass is 35.5. The smallest absolute Gasteiger partial charge is 0.241 e. The predicted octanol–water partition coefficient (Wildman–Crippen LogP) is 5.44. The van der Waals surface area contributed by atoms with Crippen molar-refractivity contribution in [1.82, 2.24) is 5.32 Å². The highest BCUT2D eigenvalue weighted by molar-refractivity contribution is 8.01. The molecule has 164 valence electrons. The second kappa shape index (κ2) is 9.76. The second-order valence-electron chi connectivity index (χ2n) is 7.62. The molecule has 0 fully saturated rings. The molecule has 0 saturated carbocycles. The first kappa shape index (κ1) is 22.4. The maximum atomic E-state index is 14.3. The van der Waals surface area contributed by atoms with Gasteiger partial charge in [-0.15, -0.1) is 11.8 Å². The molecule has 0 bridgehead atoms. The van der Waals surface area contributed by atoms with Gasteiger partial charge in [0.25, 0.3) is 0 Å². The number of anilines is 1. The van der Waals surface area contributed by atoms with E-state index in [1.165, 1.54) is 17.8 Å². The van der Waals surface area contributed by atoms with Gasteiger partial charge in [-0.25, -0.2) is 4.39 Å². The van der Waals surface area contributed by atoms with Gasteiger partial charge in [-0.05, 0) is 29.8 Å². The molecule has 0 radical (unpaired) electrons. The maximum absolute atomic E-state index is 14.3. The molecule has 3 aromatic carbocycles. The molecule has 0 aliphatic carbocycles. The zero-order valence-corrected chi connectivity index (χ0v) is 19.0. The summed E-state index contributed by atoms with van der Waals surface area (Å²) < 4.78 is 14.3. The van der Waals surface area contributed by atoms with E-state index in [0.717, 1.165) is 16.1 Å². The fourth-order valence-electron chi connectivity index (χ4n) is 3.64. The average molecular weight is 469 g/mol. The number of fused-ring (bicyclic) bond motifs is 1. The van der Waals surface area contributed by atoms with Crippen LogP contribution in [-0.4, -0.2) is 17.1 Å². The Morgan fingerprint density at radius 3 is 2.47 bits per heavy atom. The molecule has 0 saturated heterocycles. The first-order chi connectivity index (χ1) is 15.5. The summed E-state index contributed by atoms with van der Waals surface area (Å²) in [6, 6.07) is 21.2. The van der Waals surface area contributed by atoms with Crippen LogP contribution < -0.4 is 10.2 Å².